The van der Waals surface area contributed by atoms with E-state index >= 15 is 0 Å². The zero-order chi connectivity index (χ0) is 20.2. The van der Waals surface area contributed by atoms with Gasteiger partial charge in [0.2, 0.25) is 5.17 Å². The van der Waals surface area contributed by atoms with Crippen LogP contribution in [0.2, 0.25) is 5.02 Å². The molecule has 2 heterocycles. The Hall–Kier alpha value is -2.97. The molecule has 0 atom stereocenters. The lowest BCUT2D eigenvalue weighted by molar-refractivity contribution is 0.784. The zero-order valence-corrected chi connectivity index (χ0v) is 17.4. The van der Waals surface area contributed by atoms with Crippen LogP contribution in [-0.4, -0.2) is 37.8 Å². The summed E-state index contributed by atoms with van der Waals surface area (Å²) in [6, 6.07) is 15.6. The number of hydrogen-bond acceptors (Lipinski definition) is 7. The minimum absolute atomic E-state index is 0.627. The highest BCUT2D eigenvalue weighted by Crippen LogP contribution is 2.18. The zero-order valence-electron chi connectivity index (χ0n) is 15.9. The first-order valence-corrected chi connectivity index (χ1v) is 10.3. The number of nitrogens with zero attached hydrogens (tertiary/aromatic N) is 6. The molecule has 0 aliphatic carbocycles. The van der Waals surface area contributed by atoms with Crippen molar-refractivity contribution in [3.05, 3.63) is 76.1 Å². The Morgan fingerprint density at radius 2 is 1.83 bits per heavy atom. The number of nitrogens with one attached hydrogen (secondary N) is 1. The van der Waals surface area contributed by atoms with Crippen molar-refractivity contribution in [3.63, 3.8) is 0 Å². The van der Waals surface area contributed by atoms with Crippen LogP contribution in [-0.2, 0) is 0 Å². The van der Waals surface area contributed by atoms with Gasteiger partial charge in [0.1, 0.15) is 11.4 Å². The van der Waals surface area contributed by atoms with Crippen LogP contribution in [0.1, 0.15) is 22.5 Å². The minimum Gasteiger partial charge on any atom is -0.254 e. The number of thioether (sulfide) groups is 1. The van der Waals surface area contributed by atoms with E-state index in [0.717, 1.165) is 28.4 Å². The summed E-state index contributed by atoms with van der Waals surface area (Å²) in [6.07, 6.45) is 1.70. The number of hydrazone groups is 1. The molecule has 0 saturated carbocycles. The lowest BCUT2D eigenvalue weighted by atomic mass is 10.2. The first-order chi connectivity index (χ1) is 14.1. The molecule has 3 aromatic rings. The third-order valence-corrected chi connectivity index (χ3v) is 5.41. The van der Waals surface area contributed by atoms with Crippen molar-refractivity contribution in [2.75, 3.05) is 5.75 Å². The van der Waals surface area contributed by atoms with E-state index in [-0.39, 0.29) is 0 Å². The van der Waals surface area contributed by atoms with E-state index in [2.05, 4.69) is 50.1 Å². The van der Waals surface area contributed by atoms with Gasteiger partial charge in [0, 0.05) is 10.8 Å². The molecule has 1 N–H and O–H groups in total. The summed E-state index contributed by atoms with van der Waals surface area (Å²) in [6.45, 7) is 4.04. The maximum atomic E-state index is 5.88. The lowest BCUT2D eigenvalue weighted by Gasteiger charge is -2.10. The fourth-order valence-electron chi connectivity index (χ4n) is 2.71. The SMILES string of the molecule is Cc1ccc(-n2nnc(C3=NN=C(N/N=C/c4ccc(Cl)cc4)SC3)c2C)cc1. The van der Waals surface area contributed by atoms with Gasteiger partial charge in [-0.05, 0) is 43.7 Å². The van der Waals surface area contributed by atoms with Crippen LogP contribution in [0.5, 0.6) is 0 Å². The van der Waals surface area contributed by atoms with Gasteiger partial charge in [-0.1, -0.05) is 58.4 Å². The average Bonchev–Trinajstić information content (AvgIpc) is 3.12. The number of aromatic nitrogens is 3. The number of amidine groups is 1. The summed E-state index contributed by atoms with van der Waals surface area (Å²) >= 11 is 7.39. The van der Waals surface area contributed by atoms with Gasteiger partial charge >= 0.3 is 0 Å². The summed E-state index contributed by atoms with van der Waals surface area (Å²) in [5, 5.41) is 22.6. The van der Waals surface area contributed by atoms with Crippen molar-refractivity contribution in [2.24, 2.45) is 15.3 Å². The monoisotopic (exact) mass is 423 g/mol. The van der Waals surface area contributed by atoms with Gasteiger partial charge in [-0.15, -0.1) is 15.3 Å². The molecular formula is C20H18ClN7S. The predicted molar refractivity (Wildman–Crippen MR) is 119 cm³/mol. The molecule has 4 rings (SSSR count). The van der Waals surface area contributed by atoms with E-state index in [0.29, 0.717) is 15.9 Å². The summed E-state index contributed by atoms with van der Waals surface area (Å²) in [7, 11) is 0. The molecular weight excluding hydrogens is 406 g/mol. The summed E-state index contributed by atoms with van der Waals surface area (Å²) < 4.78 is 1.82. The molecule has 7 nitrogen and oxygen atoms in total. The van der Waals surface area contributed by atoms with Crippen LogP contribution in [0, 0.1) is 13.8 Å². The van der Waals surface area contributed by atoms with Gasteiger partial charge in [0.15, 0.2) is 0 Å². The second kappa shape index (κ2) is 8.59. The van der Waals surface area contributed by atoms with E-state index in [4.69, 9.17) is 11.6 Å². The molecule has 1 aliphatic heterocycles. The second-order valence-electron chi connectivity index (χ2n) is 6.43. The highest BCUT2D eigenvalue weighted by molar-refractivity contribution is 8.14. The Balaban J connectivity index is 1.46. The Labute approximate surface area is 177 Å². The van der Waals surface area contributed by atoms with Crippen molar-refractivity contribution in [2.45, 2.75) is 13.8 Å². The number of rotatable bonds is 4. The first kappa shape index (κ1) is 19.4. The Morgan fingerprint density at radius 1 is 1.07 bits per heavy atom. The number of halogens is 1. The van der Waals surface area contributed by atoms with Crippen LogP contribution in [0.3, 0.4) is 0 Å². The largest absolute Gasteiger partial charge is 0.254 e. The molecule has 1 aliphatic rings. The van der Waals surface area contributed by atoms with E-state index in [1.807, 2.05) is 48.0 Å². The van der Waals surface area contributed by atoms with E-state index in [1.54, 1.807) is 6.21 Å². The van der Waals surface area contributed by atoms with Crippen LogP contribution >= 0.6 is 23.4 Å². The molecule has 0 fully saturated rings. The molecule has 0 unspecified atom stereocenters. The van der Waals surface area contributed by atoms with Crippen molar-refractivity contribution in [1.82, 2.24) is 20.4 Å². The molecule has 0 amide bonds. The molecule has 29 heavy (non-hydrogen) atoms. The normalized spacial score (nSPS) is 14.0. The highest BCUT2D eigenvalue weighted by Gasteiger charge is 2.19. The third-order valence-electron chi connectivity index (χ3n) is 4.30. The van der Waals surface area contributed by atoms with Crippen molar-refractivity contribution in [1.29, 1.82) is 0 Å². The molecule has 2 aromatic carbocycles. The molecule has 1 aromatic heterocycles. The van der Waals surface area contributed by atoms with Gasteiger partial charge in [-0.2, -0.15) is 5.10 Å². The Kier molecular flexibility index (Phi) is 5.73. The van der Waals surface area contributed by atoms with Crippen LogP contribution in [0.25, 0.3) is 5.69 Å². The van der Waals surface area contributed by atoms with Gasteiger partial charge in [-0.25, -0.2) is 4.68 Å². The molecule has 0 radical (unpaired) electrons. The first-order valence-electron chi connectivity index (χ1n) is 8.92. The van der Waals surface area contributed by atoms with Gasteiger partial charge in [0.05, 0.1) is 17.6 Å². The summed E-state index contributed by atoms with van der Waals surface area (Å²) in [4.78, 5) is 0. The topological polar surface area (TPSA) is 79.8 Å². The molecule has 9 heteroatoms. The third kappa shape index (κ3) is 4.55. The lowest BCUT2D eigenvalue weighted by Crippen LogP contribution is -2.20. The van der Waals surface area contributed by atoms with E-state index in [9.17, 15) is 0 Å². The van der Waals surface area contributed by atoms with E-state index in [1.165, 1.54) is 17.3 Å². The van der Waals surface area contributed by atoms with Gasteiger partial charge in [0.25, 0.3) is 0 Å². The maximum Gasteiger partial charge on any atom is 0.203 e. The summed E-state index contributed by atoms with van der Waals surface area (Å²) in [5.74, 6) is 0.635. The Bertz CT molecular complexity index is 1100. The van der Waals surface area contributed by atoms with Crippen LogP contribution in [0.15, 0.2) is 63.8 Å². The van der Waals surface area contributed by atoms with Crippen LogP contribution in [0.4, 0.5) is 0 Å². The quantitative estimate of drug-likeness (QED) is 0.508. The number of hydrogen-bond donors (Lipinski definition) is 1. The molecule has 0 saturated heterocycles. The van der Waals surface area contributed by atoms with Gasteiger partial charge in [-0.3, -0.25) is 5.43 Å². The van der Waals surface area contributed by atoms with Crippen molar-refractivity contribution < 1.29 is 0 Å². The second-order valence-corrected chi connectivity index (χ2v) is 7.83. The molecule has 0 bridgehead atoms. The molecule has 0 spiro atoms. The fraction of sp³-hybridized carbons (Fsp3) is 0.150. The van der Waals surface area contributed by atoms with Gasteiger partial charge < -0.3 is 0 Å². The van der Waals surface area contributed by atoms with Crippen molar-refractivity contribution in [3.8, 4) is 5.69 Å². The van der Waals surface area contributed by atoms with Crippen LogP contribution < -0.4 is 5.43 Å². The maximum absolute atomic E-state index is 5.88. The fourth-order valence-corrected chi connectivity index (χ4v) is 3.52. The molecule has 146 valence electrons. The Morgan fingerprint density at radius 3 is 2.52 bits per heavy atom. The van der Waals surface area contributed by atoms with E-state index < -0.39 is 0 Å². The highest BCUT2D eigenvalue weighted by atomic mass is 35.5. The number of aryl methyl sites for hydroxylation is 1. The summed E-state index contributed by atoms with van der Waals surface area (Å²) in [5.41, 5.74) is 8.50. The predicted octanol–water partition coefficient (Wildman–Crippen LogP) is 3.97. The smallest absolute Gasteiger partial charge is 0.203 e. The average molecular weight is 424 g/mol. The number of benzene rings is 2. The standard InChI is InChI=1S/C20H18ClN7S/c1-13-3-9-17(10-4-13)28-14(2)19(24-27-28)18-12-29-20(26-23-18)25-22-11-15-5-7-16(21)8-6-15/h3-11H,12H2,1-2H3,(H,25,26)/b22-11+. The van der Waals surface area contributed by atoms with Crippen molar-refractivity contribution >= 4 is 40.5 Å². The minimum atomic E-state index is 0.627.